The van der Waals surface area contributed by atoms with Crippen molar-refractivity contribution in [3.63, 3.8) is 0 Å². The number of para-hydroxylation sites is 1. The Morgan fingerprint density at radius 2 is 1.74 bits per heavy atom. The summed E-state index contributed by atoms with van der Waals surface area (Å²) in [5.74, 6) is 6.87. The van der Waals surface area contributed by atoms with E-state index in [0.717, 1.165) is 5.01 Å². The molecule has 8 nitrogen and oxygen atoms in total. The number of benzene rings is 2. The smallest absolute Gasteiger partial charge is 0.276 e. The van der Waals surface area contributed by atoms with Gasteiger partial charge in [-0.3, -0.25) is 9.99 Å². The number of rotatable bonds is 6. The van der Waals surface area contributed by atoms with Gasteiger partial charge in [-0.05, 0) is 48.5 Å². The zero-order valence-corrected chi connectivity index (χ0v) is 16.6. The average molecular weight is 418 g/mol. The summed E-state index contributed by atoms with van der Waals surface area (Å²) in [4.78, 5) is 8.40. The van der Waals surface area contributed by atoms with Crippen LogP contribution in [-0.4, -0.2) is 22.2 Å². The molecule has 9 heteroatoms. The number of pyridine rings is 1. The van der Waals surface area contributed by atoms with Crippen LogP contribution in [0.5, 0.6) is 5.75 Å². The highest BCUT2D eigenvalue weighted by Crippen LogP contribution is 2.30. The quantitative estimate of drug-likeness (QED) is 0.361. The van der Waals surface area contributed by atoms with Crippen LogP contribution in [0.15, 0.2) is 77.6 Å². The topological polar surface area (TPSA) is 116 Å². The van der Waals surface area contributed by atoms with Gasteiger partial charge in [-0.25, -0.2) is 10.2 Å². The number of anilines is 1. The van der Waals surface area contributed by atoms with E-state index in [1.807, 2.05) is 0 Å². The van der Waals surface area contributed by atoms with Gasteiger partial charge in [0.25, 0.3) is 5.89 Å². The summed E-state index contributed by atoms with van der Waals surface area (Å²) < 4.78 is 25.0. The molecule has 0 aliphatic carbocycles. The molecule has 0 amide bonds. The summed E-state index contributed by atoms with van der Waals surface area (Å²) in [6.07, 6.45) is 3.16. The third-order valence-corrected chi connectivity index (χ3v) is 4.57. The molecule has 0 bridgehead atoms. The maximum Gasteiger partial charge on any atom is 0.276 e. The van der Waals surface area contributed by atoms with Crippen molar-refractivity contribution in [1.82, 2.24) is 15.1 Å². The Bertz CT molecular complexity index is 1210. The van der Waals surface area contributed by atoms with Gasteiger partial charge < -0.3 is 15.0 Å². The summed E-state index contributed by atoms with van der Waals surface area (Å²) in [5.41, 5.74) is 8.22. The molecule has 4 rings (SSSR count). The molecule has 0 saturated heterocycles. The summed E-state index contributed by atoms with van der Waals surface area (Å²) >= 11 is 0. The van der Waals surface area contributed by atoms with Crippen LogP contribution in [0.3, 0.4) is 0 Å². The van der Waals surface area contributed by atoms with E-state index in [2.05, 4.69) is 15.1 Å². The number of hydrazine groups is 1. The third kappa shape index (κ3) is 4.07. The normalized spacial score (nSPS) is 11.7. The fraction of sp³-hybridized carbons (Fsp3) is 0.0455. The van der Waals surface area contributed by atoms with Gasteiger partial charge in [0.1, 0.15) is 17.3 Å². The Morgan fingerprint density at radius 3 is 2.42 bits per heavy atom. The summed E-state index contributed by atoms with van der Waals surface area (Å²) in [6.45, 7) is 0. The van der Waals surface area contributed by atoms with E-state index in [4.69, 9.17) is 20.8 Å². The van der Waals surface area contributed by atoms with Gasteiger partial charge in [0, 0.05) is 23.5 Å². The summed E-state index contributed by atoms with van der Waals surface area (Å²) in [5, 5.41) is 5.15. The molecule has 31 heavy (non-hydrogen) atoms. The van der Waals surface area contributed by atoms with Gasteiger partial charge in [0.05, 0.1) is 18.5 Å². The van der Waals surface area contributed by atoms with Gasteiger partial charge in [-0.1, -0.05) is 17.3 Å². The highest BCUT2D eigenvalue weighted by molar-refractivity contribution is 5.93. The van der Waals surface area contributed by atoms with Crippen LogP contribution in [0, 0.1) is 5.82 Å². The molecule has 4 N–H and O–H groups in total. The molecular formula is C22H19FN6O2. The summed E-state index contributed by atoms with van der Waals surface area (Å²) in [7, 11) is 1.59. The first kappa shape index (κ1) is 20.0. The minimum Gasteiger partial charge on any atom is -0.497 e. The highest BCUT2D eigenvalue weighted by Gasteiger charge is 2.22. The third-order valence-electron chi connectivity index (χ3n) is 4.57. The van der Waals surface area contributed by atoms with E-state index in [1.165, 1.54) is 6.07 Å². The van der Waals surface area contributed by atoms with Gasteiger partial charge in [-0.15, -0.1) is 0 Å². The number of hydrogen-bond donors (Lipinski definition) is 2. The maximum atomic E-state index is 14.4. The Hall–Kier alpha value is -4.24. The lowest BCUT2D eigenvalue weighted by Crippen LogP contribution is -2.32. The molecule has 2 aromatic carbocycles. The van der Waals surface area contributed by atoms with E-state index < -0.39 is 5.82 Å². The average Bonchev–Trinajstić information content (AvgIpc) is 3.30. The van der Waals surface area contributed by atoms with E-state index in [-0.39, 0.29) is 23.0 Å². The van der Waals surface area contributed by atoms with Gasteiger partial charge in [0.15, 0.2) is 0 Å². The molecule has 0 fully saturated rings. The van der Waals surface area contributed by atoms with Crippen molar-refractivity contribution in [2.75, 3.05) is 12.1 Å². The lowest BCUT2D eigenvalue weighted by atomic mass is 10.1. The van der Waals surface area contributed by atoms with E-state index >= 15 is 0 Å². The van der Waals surface area contributed by atoms with Crippen LogP contribution in [0.2, 0.25) is 0 Å². The van der Waals surface area contributed by atoms with E-state index in [9.17, 15) is 4.39 Å². The van der Waals surface area contributed by atoms with Crippen molar-refractivity contribution < 1.29 is 13.7 Å². The van der Waals surface area contributed by atoms with Crippen molar-refractivity contribution in [2.24, 2.45) is 11.6 Å². The molecule has 0 radical (unpaired) electrons. The van der Waals surface area contributed by atoms with Gasteiger partial charge >= 0.3 is 0 Å². The standard InChI is InChI=1S/C22H19FN6O2/c1-30-16-8-6-15(7-9-16)21-27-22(31-28-21)19(24)20(14-10-12-26-13-11-14)29(25)18-5-3-2-4-17(18)23/h2-13H,24-25H2,1H3/b20-19-. The molecule has 0 aliphatic heterocycles. The number of methoxy groups -OCH3 is 1. The second kappa shape index (κ2) is 8.64. The first-order valence-corrected chi connectivity index (χ1v) is 9.26. The number of ether oxygens (including phenoxy) is 1. The number of aromatic nitrogens is 3. The Balaban J connectivity index is 1.79. The molecule has 0 spiro atoms. The zero-order valence-electron chi connectivity index (χ0n) is 16.6. The van der Waals surface area contributed by atoms with Crippen molar-refractivity contribution in [3.05, 3.63) is 90.3 Å². The minimum absolute atomic E-state index is 0.0458. The lowest BCUT2D eigenvalue weighted by molar-refractivity contribution is 0.407. The maximum absolute atomic E-state index is 14.4. The lowest BCUT2D eigenvalue weighted by Gasteiger charge is -2.23. The zero-order chi connectivity index (χ0) is 21.8. The predicted molar refractivity (Wildman–Crippen MR) is 115 cm³/mol. The second-order valence-corrected chi connectivity index (χ2v) is 6.47. The predicted octanol–water partition coefficient (Wildman–Crippen LogP) is 3.44. The number of nitrogens with two attached hydrogens (primary N) is 2. The fourth-order valence-electron chi connectivity index (χ4n) is 2.99. The second-order valence-electron chi connectivity index (χ2n) is 6.47. The van der Waals surface area contributed by atoms with Crippen LogP contribution in [-0.2, 0) is 0 Å². The molecule has 0 atom stereocenters. The fourth-order valence-corrected chi connectivity index (χ4v) is 2.99. The van der Waals surface area contributed by atoms with Crippen LogP contribution in [0.4, 0.5) is 10.1 Å². The Kier molecular flexibility index (Phi) is 5.59. The molecule has 4 aromatic rings. The molecular weight excluding hydrogens is 399 g/mol. The van der Waals surface area contributed by atoms with Crippen molar-refractivity contribution in [1.29, 1.82) is 0 Å². The van der Waals surface area contributed by atoms with Gasteiger partial charge in [-0.2, -0.15) is 4.98 Å². The number of hydrogen-bond acceptors (Lipinski definition) is 8. The first-order chi connectivity index (χ1) is 15.1. The number of nitrogens with zero attached hydrogens (tertiary/aromatic N) is 4. The highest BCUT2D eigenvalue weighted by atomic mass is 19.1. The Labute approximate surface area is 177 Å². The van der Waals surface area contributed by atoms with Crippen LogP contribution in [0.1, 0.15) is 11.5 Å². The summed E-state index contributed by atoms with van der Waals surface area (Å²) in [6, 6.07) is 16.7. The molecule has 0 saturated carbocycles. The van der Waals surface area contributed by atoms with Crippen molar-refractivity contribution >= 4 is 17.1 Å². The van der Waals surface area contributed by atoms with Crippen LogP contribution in [0.25, 0.3) is 22.8 Å². The largest absolute Gasteiger partial charge is 0.497 e. The van der Waals surface area contributed by atoms with Gasteiger partial charge in [0.2, 0.25) is 5.82 Å². The molecule has 0 unspecified atom stereocenters. The molecule has 2 aromatic heterocycles. The number of halogens is 1. The molecule has 0 aliphatic rings. The van der Waals surface area contributed by atoms with E-state index in [0.29, 0.717) is 22.7 Å². The first-order valence-electron chi connectivity index (χ1n) is 9.26. The van der Waals surface area contributed by atoms with Crippen molar-refractivity contribution in [3.8, 4) is 17.1 Å². The van der Waals surface area contributed by atoms with Crippen LogP contribution < -0.4 is 21.3 Å². The molecule has 156 valence electrons. The van der Waals surface area contributed by atoms with Crippen LogP contribution >= 0.6 is 0 Å². The minimum atomic E-state index is -0.506. The SMILES string of the molecule is COc1ccc(-c2noc(/C(N)=C(\c3ccncc3)N(N)c3ccccc3F)n2)cc1. The van der Waals surface area contributed by atoms with Crippen molar-refractivity contribution in [2.45, 2.75) is 0 Å². The Morgan fingerprint density at radius 1 is 1.03 bits per heavy atom. The van der Waals surface area contributed by atoms with E-state index in [1.54, 1.807) is 74.1 Å². The molecule has 2 heterocycles. The monoisotopic (exact) mass is 418 g/mol.